The molecule has 5 rings (SSSR count). The molecule has 1 aliphatic heterocycles. The quantitative estimate of drug-likeness (QED) is 0.529. The van der Waals surface area contributed by atoms with Gasteiger partial charge in [-0.15, -0.1) is 0 Å². The topological polar surface area (TPSA) is 123 Å². The number of benzene rings is 1. The van der Waals surface area contributed by atoms with Gasteiger partial charge in [-0.2, -0.15) is 14.9 Å². The normalized spacial score (nSPS) is 15.8. The van der Waals surface area contributed by atoms with Crippen LogP contribution >= 0.6 is 0 Å². The largest absolute Gasteiger partial charge is 0.464 e. The molecule has 0 bridgehead atoms. The Balaban J connectivity index is 1.72. The van der Waals surface area contributed by atoms with Crippen LogP contribution in [0, 0.1) is 13.8 Å². The number of hydrogen-bond donors (Lipinski definition) is 2. The number of H-pyrrole nitrogens is 1. The molecule has 0 aliphatic carbocycles. The van der Waals surface area contributed by atoms with E-state index in [1.165, 1.54) is 23.1 Å². The zero-order valence-electron chi connectivity index (χ0n) is 16.2. The summed E-state index contributed by atoms with van der Waals surface area (Å²) in [6.07, 6.45) is 1.53. The third kappa shape index (κ3) is 2.74. The second-order valence-corrected chi connectivity index (χ2v) is 7.36. The lowest BCUT2D eigenvalue weighted by atomic mass is 9.86. The second kappa shape index (κ2) is 6.51. The Bertz CT molecular complexity index is 1430. The summed E-state index contributed by atoms with van der Waals surface area (Å²) in [5, 5.41) is 14.1. The minimum Gasteiger partial charge on any atom is -0.464 e. The van der Waals surface area contributed by atoms with Crippen LogP contribution in [0.15, 0.2) is 50.6 Å². The summed E-state index contributed by atoms with van der Waals surface area (Å²) < 4.78 is 7.17. The summed E-state index contributed by atoms with van der Waals surface area (Å²) in [5.41, 5.74) is 2.71. The summed E-state index contributed by atoms with van der Waals surface area (Å²) >= 11 is 0. The Kier molecular flexibility index (Phi) is 3.92. The molecule has 2 N–H and O–H groups in total. The van der Waals surface area contributed by atoms with E-state index in [-0.39, 0.29) is 23.3 Å². The molecule has 0 spiro atoms. The first kappa shape index (κ1) is 18.0. The number of anilines is 1. The predicted octanol–water partition coefficient (Wildman–Crippen LogP) is 2.15. The SMILES string of the molecule is Cc1ccc2occ([C@@H]3CC(=O)Nc4c3c(C)nn4-c3ccc(=O)[nH]n3)c(=O)c2c1. The molecule has 1 aromatic carbocycles. The Morgan fingerprint density at radius 1 is 1.13 bits per heavy atom. The van der Waals surface area contributed by atoms with Crippen LogP contribution in [-0.4, -0.2) is 25.9 Å². The van der Waals surface area contributed by atoms with Gasteiger partial charge in [-0.25, -0.2) is 5.10 Å². The molecule has 1 amide bonds. The van der Waals surface area contributed by atoms with Gasteiger partial charge in [0.2, 0.25) is 5.91 Å². The number of aromatic amines is 1. The van der Waals surface area contributed by atoms with Gasteiger partial charge in [0.15, 0.2) is 11.2 Å². The van der Waals surface area contributed by atoms with E-state index in [2.05, 4.69) is 20.6 Å². The van der Waals surface area contributed by atoms with Crippen molar-refractivity contribution in [3.8, 4) is 5.82 Å². The molecule has 30 heavy (non-hydrogen) atoms. The highest BCUT2D eigenvalue weighted by molar-refractivity contribution is 5.95. The number of aryl methyl sites for hydroxylation is 2. The summed E-state index contributed by atoms with van der Waals surface area (Å²) in [7, 11) is 0. The number of aromatic nitrogens is 4. The molecule has 0 saturated carbocycles. The summed E-state index contributed by atoms with van der Waals surface area (Å²) in [5.74, 6) is 0.0198. The minimum atomic E-state index is -0.508. The number of nitrogens with one attached hydrogen (secondary N) is 2. The maximum Gasteiger partial charge on any atom is 0.264 e. The van der Waals surface area contributed by atoms with Gasteiger partial charge in [-0.1, -0.05) is 11.6 Å². The molecule has 0 unspecified atom stereocenters. The molecule has 3 aromatic heterocycles. The van der Waals surface area contributed by atoms with Gasteiger partial charge < -0.3 is 9.73 Å². The lowest BCUT2D eigenvalue weighted by Gasteiger charge is -2.23. The third-order valence-electron chi connectivity index (χ3n) is 5.31. The lowest BCUT2D eigenvalue weighted by Crippen LogP contribution is -2.27. The van der Waals surface area contributed by atoms with E-state index in [9.17, 15) is 14.4 Å². The van der Waals surface area contributed by atoms with Crippen LogP contribution in [0.2, 0.25) is 0 Å². The van der Waals surface area contributed by atoms with Gasteiger partial charge in [0.05, 0.1) is 17.3 Å². The molecular weight excluding hydrogens is 386 g/mol. The first-order valence-electron chi connectivity index (χ1n) is 9.40. The highest BCUT2D eigenvalue weighted by atomic mass is 16.3. The van der Waals surface area contributed by atoms with Crippen molar-refractivity contribution >= 4 is 22.7 Å². The van der Waals surface area contributed by atoms with Crippen LogP contribution in [-0.2, 0) is 4.79 Å². The van der Waals surface area contributed by atoms with Gasteiger partial charge in [-0.3, -0.25) is 14.4 Å². The van der Waals surface area contributed by atoms with Gasteiger partial charge >= 0.3 is 0 Å². The van der Waals surface area contributed by atoms with Crippen molar-refractivity contribution in [2.75, 3.05) is 5.32 Å². The maximum atomic E-state index is 13.3. The average Bonchev–Trinajstić information content (AvgIpc) is 3.05. The van der Waals surface area contributed by atoms with Crippen LogP contribution in [0.3, 0.4) is 0 Å². The highest BCUT2D eigenvalue weighted by Crippen LogP contribution is 2.39. The first-order chi connectivity index (χ1) is 14.4. The lowest BCUT2D eigenvalue weighted by molar-refractivity contribution is -0.116. The number of rotatable bonds is 2. The third-order valence-corrected chi connectivity index (χ3v) is 5.31. The summed E-state index contributed by atoms with van der Waals surface area (Å²) in [6.45, 7) is 3.71. The number of nitrogens with zero attached hydrogens (tertiary/aromatic N) is 3. The van der Waals surface area contributed by atoms with Crippen molar-refractivity contribution in [3.05, 3.63) is 79.6 Å². The van der Waals surface area contributed by atoms with E-state index in [1.807, 2.05) is 13.0 Å². The first-order valence-corrected chi connectivity index (χ1v) is 9.40. The van der Waals surface area contributed by atoms with E-state index >= 15 is 0 Å². The molecule has 9 heteroatoms. The fourth-order valence-electron chi connectivity index (χ4n) is 3.93. The zero-order chi connectivity index (χ0) is 21.0. The van der Waals surface area contributed by atoms with Crippen molar-refractivity contribution in [2.45, 2.75) is 26.2 Å². The van der Waals surface area contributed by atoms with Crippen molar-refractivity contribution in [3.63, 3.8) is 0 Å². The van der Waals surface area contributed by atoms with Gasteiger partial charge in [0.25, 0.3) is 5.56 Å². The molecular formula is C21H17N5O4. The van der Waals surface area contributed by atoms with Crippen LogP contribution in [0.4, 0.5) is 5.82 Å². The number of amides is 1. The predicted molar refractivity (Wildman–Crippen MR) is 109 cm³/mol. The van der Waals surface area contributed by atoms with Crippen molar-refractivity contribution in [1.82, 2.24) is 20.0 Å². The molecule has 150 valence electrons. The number of fused-ring (bicyclic) bond motifs is 2. The van der Waals surface area contributed by atoms with E-state index in [4.69, 9.17) is 4.42 Å². The van der Waals surface area contributed by atoms with Crippen LogP contribution in [0.25, 0.3) is 16.8 Å². The summed E-state index contributed by atoms with van der Waals surface area (Å²) in [4.78, 5) is 37.1. The van der Waals surface area contributed by atoms with Crippen molar-refractivity contribution < 1.29 is 9.21 Å². The van der Waals surface area contributed by atoms with E-state index in [1.54, 1.807) is 19.1 Å². The monoisotopic (exact) mass is 403 g/mol. The Labute approximate surface area is 169 Å². The standard InChI is InChI=1S/C21H17N5O4/c1-10-3-4-15-13(7-10)20(29)14(9-30-15)12-8-18(28)22-21-19(12)11(2)25-26(21)16-5-6-17(27)24-23-16/h3-7,9,12H,8H2,1-2H3,(H,22,28)(H,24,27)/t12-/m0/s1. The molecule has 0 fully saturated rings. The zero-order valence-corrected chi connectivity index (χ0v) is 16.2. The number of carbonyl (C=O) groups excluding carboxylic acids is 1. The smallest absolute Gasteiger partial charge is 0.264 e. The fourth-order valence-corrected chi connectivity index (χ4v) is 3.93. The van der Waals surface area contributed by atoms with Crippen LogP contribution in [0.1, 0.15) is 34.7 Å². The Morgan fingerprint density at radius 2 is 1.97 bits per heavy atom. The number of hydrogen-bond acceptors (Lipinski definition) is 6. The van der Waals surface area contributed by atoms with Crippen molar-refractivity contribution in [1.29, 1.82) is 0 Å². The van der Waals surface area contributed by atoms with E-state index in [0.29, 0.717) is 33.9 Å². The van der Waals surface area contributed by atoms with Crippen molar-refractivity contribution in [2.24, 2.45) is 0 Å². The fraction of sp³-hybridized carbons (Fsp3) is 0.190. The molecule has 9 nitrogen and oxygen atoms in total. The molecule has 0 saturated heterocycles. The maximum absolute atomic E-state index is 13.3. The second-order valence-electron chi connectivity index (χ2n) is 7.36. The highest BCUT2D eigenvalue weighted by Gasteiger charge is 2.34. The molecule has 4 aromatic rings. The molecule has 0 radical (unpaired) electrons. The van der Waals surface area contributed by atoms with Gasteiger partial charge in [-0.05, 0) is 32.0 Å². The van der Waals surface area contributed by atoms with E-state index in [0.717, 1.165) is 11.1 Å². The minimum absolute atomic E-state index is 0.0979. The number of carbonyl (C=O) groups is 1. The Morgan fingerprint density at radius 3 is 2.73 bits per heavy atom. The van der Waals surface area contributed by atoms with Gasteiger partial charge in [0.1, 0.15) is 11.4 Å². The molecule has 1 atom stereocenters. The molecule has 4 heterocycles. The Hall–Kier alpha value is -4.01. The van der Waals surface area contributed by atoms with Crippen LogP contribution in [0.5, 0.6) is 0 Å². The van der Waals surface area contributed by atoms with E-state index < -0.39 is 5.92 Å². The van der Waals surface area contributed by atoms with Crippen LogP contribution < -0.4 is 16.3 Å². The molecule has 1 aliphatic rings. The average molecular weight is 403 g/mol. The van der Waals surface area contributed by atoms with Gasteiger partial charge in [0, 0.05) is 29.5 Å². The summed E-state index contributed by atoms with van der Waals surface area (Å²) in [6, 6.07) is 8.26.